The SMILES string of the molecule is Nc1ncnc2c1ncn2[C@H]1C[C@H](OP(=O)(O)O)[C@@H](COP(=O)(O)O[C@H]2C[C@H](n3cnc4c(N)ncnc43)O[C@@H]2COP(=O)(O)O[C@H]2CCO[C@@H]2CO)O1. The van der Waals surface area contributed by atoms with Crippen LogP contribution in [-0.2, 0) is 50.5 Å². The lowest BCUT2D eigenvalue weighted by molar-refractivity contribution is -0.0571. The summed E-state index contributed by atoms with van der Waals surface area (Å²) in [6, 6.07) is 0. The highest BCUT2D eigenvalue weighted by atomic mass is 31.2. The number of phosphoric ester groups is 3. The second-order valence-corrected chi connectivity index (χ2v) is 16.2. The lowest BCUT2D eigenvalue weighted by Crippen LogP contribution is -2.31. The van der Waals surface area contributed by atoms with Gasteiger partial charge in [-0.2, -0.15) is 0 Å². The van der Waals surface area contributed by atoms with Crippen LogP contribution >= 0.6 is 23.5 Å². The number of aliphatic hydroxyl groups is 1. The summed E-state index contributed by atoms with van der Waals surface area (Å²) in [6.07, 6.45) is -4.24. The standard InChI is InChI=1S/C25H35N10O16P3/c26-22-20-24(30-8-28-22)34(10-32-20)18-3-13(49-52(37,38)39)16(47-18)6-46-54(42,43)51-14-4-19(35-11-33-21-23(27)29-9-31-25(21)35)48-17(14)7-45-53(40,41)50-12-1-2-44-15(12)5-36/h8-19,36H,1-7H2,(H,40,41)(H,42,43)(H2,26,28,30)(H2,27,29,31)(H2,37,38,39)/t12-,13-,14-,15+,16+,17+,18+,19+/m0/s1. The third kappa shape index (κ3) is 8.64. The summed E-state index contributed by atoms with van der Waals surface area (Å²) in [5, 5.41) is 9.47. The summed E-state index contributed by atoms with van der Waals surface area (Å²) in [4.78, 5) is 64.9. The van der Waals surface area contributed by atoms with E-state index in [2.05, 4.69) is 29.9 Å². The zero-order chi connectivity index (χ0) is 38.4. The smallest absolute Gasteiger partial charge is 0.394 e. The molecule has 0 bridgehead atoms. The summed E-state index contributed by atoms with van der Waals surface area (Å²) < 4.78 is 84.3. The molecule has 3 fully saturated rings. The molecule has 7 rings (SSSR count). The van der Waals surface area contributed by atoms with Gasteiger partial charge in [-0.05, 0) is 0 Å². The van der Waals surface area contributed by atoms with E-state index in [1.54, 1.807) is 0 Å². The number of anilines is 2. The second kappa shape index (κ2) is 15.4. The fourth-order valence-corrected chi connectivity index (χ4v) is 8.77. The van der Waals surface area contributed by atoms with Gasteiger partial charge >= 0.3 is 23.5 Å². The third-order valence-corrected chi connectivity index (χ3v) is 11.3. The molecule has 3 aliphatic heterocycles. The quantitative estimate of drug-likeness (QED) is 0.0754. The van der Waals surface area contributed by atoms with E-state index < -0.39 is 92.4 Å². The van der Waals surface area contributed by atoms with Crippen LogP contribution in [0.2, 0.25) is 0 Å². The van der Waals surface area contributed by atoms with Crippen LogP contribution in [0.15, 0.2) is 25.3 Å². The van der Waals surface area contributed by atoms with Gasteiger partial charge < -0.3 is 50.4 Å². The topological polar surface area (TPSA) is 365 Å². The largest absolute Gasteiger partial charge is 0.472 e. The molecule has 10 atom stereocenters. The molecule has 0 aromatic carbocycles. The Hall–Kier alpha value is -3.13. The molecule has 0 amide bonds. The molecule has 0 saturated carbocycles. The molecule has 9 N–H and O–H groups in total. The van der Waals surface area contributed by atoms with Gasteiger partial charge in [0.1, 0.15) is 72.8 Å². The predicted molar refractivity (Wildman–Crippen MR) is 176 cm³/mol. The molecule has 4 aromatic rings. The summed E-state index contributed by atoms with van der Waals surface area (Å²) in [7, 11) is -15.0. The van der Waals surface area contributed by atoms with Crippen LogP contribution in [0.1, 0.15) is 31.7 Å². The highest BCUT2D eigenvalue weighted by Crippen LogP contribution is 2.52. The molecule has 4 aromatic heterocycles. The third-order valence-electron chi connectivity index (χ3n) is 8.70. The van der Waals surface area contributed by atoms with Crippen molar-refractivity contribution in [2.24, 2.45) is 0 Å². The number of hydrogen-bond donors (Lipinski definition) is 7. The molecule has 7 heterocycles. The van der Waals surface area contributed by atoms with Crippen LogP contribution in [0.25, 0.3) is 22.3 Å². The highest BCUT2D eigenvalue weighted by Gasteiger charge is 2.46. The summed E-state index contributed by atoms with van der Waals surface area (Å²) >= 11 is 0. The molecule has 29 heteroatoms. The Morgan fingerprint density at radius 3 is 1.67 bits per heavy atom. The van der Waals surface area contributed by atoms with Crippen molar-refractivity contribution in [2.75, 3.05) is 37.9 Å². The first-order valence-corrected chi connectivity index (χ1v) is 20.6. The van der Waals surface area contributed by atoms with Crippen LogP contribution < -0.4 is 11.5 Å². The number of hydrogen-bond acceptors (Lipinski definition) is 20. The molecule has 2 unspecified atom stereocenters. The normalized spacial score (nSPS) is 29.9. The monoisotopic (exact) mass is 824 g/mol. The van der Waals surface area contributed by atoms with Crippen molar-refractivity contribution in [1.29, 1.82) is 0 Å². The number of fused-ring (bicyclic) bond motifs is 2. The first kappa shape index (κ1) is 39.1. The fourth-order valence-electron chi connectivity index (χ4n) is 6.26. The maximum atomic E-state index is 13.4. The van der Waals surface area contributed by atoms with Crippen molar-refractivity contribution in [2.45, 2.75) is 68.3 Å². The highest BCUT2D eigenvalue weighted by molar-refractivity contribution is 7.47. The Bertz CT molecular complexity index is 2120. The number of aromatic nitrogens is 8. The van der Waals surface area contributed by atoms with Crippen molar-refractivity contribution >= 4 is 57.4 Å². The van der Waals surface area contributed by atoms with Crippen LogP contribution in [0.3, 0.4) is 0 Å². The van der Waals surface area contributed by atoms with Crippen molar-refractivity contribution in [3.05, 3.63) is 25.3 Å². The van der Waals surface area contributed by atoms with Crippen molar-refractivity contribution in [1.82, 2.24) is 39.0 Å². The molecule has 0 aliphatic carbocycles. The van der Waals surface area contributed by atoms with Gasteiger partial charge in [-0.25, -0.2) is 43.6 Å². The minimum atomic E-state index is -5.09. The van der Waals surface area contributed by atoms with Crippen molar-refractivity contribution in [3.8, 4) is 0 Å². The zero-order valence-corrected chi connectivity index (χ0v) is 30.4. The number of nitrogen functional groups attached to an aromatic ring is 2. The van der Waals surface area contributed by atoms with Gasteiger partial charge in [0.15, 0.2) is 22.9 Å². The van der Waals surface area contributed by atoms with E-state index in [1.807, 2.05) is 0 Å². The van der Waals surface area contributed by atoms with Crippen LogP contribution in [0, 0.1) is 0 Å². The molecule has 296 valence electrons. The lowest BCUT2D eigenvalue weighted by Gasteiger charge is -2.24. The van der Waals surface area contributed by atoms with E-state index >= 15 is 0 Å². The van der Waals surface area contributed by atoms with E-state index in [9.17, 15) is 38.4 Å². The first-order valence-electron chi connectivity index (χ1n) is 16.0. The molecular formula is C25H35N10O16P3. The van der Waals surface area contributed by atoms with E-state index in [0.29, 0.717) is 0 Å². The average Bonchev–Trinajstić information content (AvgIpc) is 3.93. The average molecular weight is 825 g/mol. The molecule has 26 nitrogen and oxygen atoms in total. The van der Waals surface area contributed by atoms with Gasteiger partial charge in [0.25, 0.3) is 0 Å². The number of ether oxygens (including phenoxy) is 3. The number of aliphatic hydroxyl groups excluding tert-OH is 1. The Labute approximate surface area is 303 Å². The Morgan fingerprint density at radius 1 is 0.704 bits per heavy atom. The van der Waals surface area contributed by atoms with E-state index in [1.165, 1.54) is 34.4 Å². The van der Waals surface area contributed by atoms with Gasteiger partial charge in [0, 0.05) is 25.9 Å². The summed E-state index contributed by atoms with van der Waals surface area (Å²) in [6.45, 7) is -1.75. The molecule has 0 radical (unpaired) electrons. The van der Waals surface area contributed by atoms with Crippen LogP contribution in [0.5, 0.6) is 0 Å². The minimum absolute atomic E-state index is 0.0733. The van der Waals surface area contributed by atoms with Crippen molar-refractivity contribution in [3.63, 3.8) is 0 Å². The molecule has 3 saturated heterocycles. The molecule has 54 heavy (non-hydrogen) atoms. The summed E-state index contributed by atoms with van der Waals surface area (Å²) in [5.41, 5.74) is 12.7. The van der Waals surface area contributed by atoms with E-state index in [-0.39, 0.29) is 59.8 Å². The minimum Gasteiger partial charge on any atom is -0.394 e. The van der Waals surface area contributed by atoms with Gasteiger partial charge in [-0.1, -0.05) is 0 Å². The lowest BCUT2D eigenvalue weighted by atomic mass is 10.2. The van der Waals surface area contributed by atoms with Gasteiger partial charge in [-0.3, -0.25) is 31.8 Å². The number of nitrogens with two attached hydrogens (primary N) is 2. The van der Waals surface area contributed by atoms with E-state index in [0.717, 1.165) is 0 Å². The Balaban J connectivity index is 1.06. The molecule has 0 spiro atoms. The Kier molecular flexibility index (Phi) is 11.2. The van der Waals surface area contributed by atoms with Gasteiger partial charge in [0.2, 0.25) is 0 Å². The van der Waals surface area contributed by atoms with E-state index in [4.69, 9.17) is 48.3 Å². The first-order chi connectivity index (χ1) is 25.6. The van der Waals surface area contributed by atoms with Crippen LogP contribution in [0.4, 0.5) is 11.6 Å². The number of rotatable bonds is 15. The number of nitrogens with zero attached hydrogens (tertiary/aromatic N) is 8. The predicted octanol–water partition coefficient (Wildman–Crippen LogP) is -0.331. The Morgan fingerprint density at radius 2 is 1.19 bits per heavy atom. The second-order valence-electron chi connectivity index (χ2n) is 12.2. The fraction of sp³-hybridized carbons (Fsp3) is 0.600. The maximum Gasteiger partial charge on any atom is 0.472 e. The molecular weight excluding hydrogens is 789 g/mol. The van der Waals surface area contributed by atoms with Crippen LogP contribution in [-0.4, -0.2) is 127 Å². The maximum absolute atomic E-state index is 13.4. The number of imidazole rings is 2. The summed E-state index contributed by atoms with van der Waals surface area (Å²) in [5.74, 6) is 0.149. The zero-order valence-electron chi connectivity index (χ0n) is 27.7. The van der Waals surface area contributed by atoms with Crippen molar-refractivity contribution < 1.29 is 75.2 Å². The van der Waals surface area contributed by atoms with Gasteiger partial charge in [-0.15, -0.1) is 0 Å². The van der Waals surface area contributed by atoms with Gasteiger partial charge in [0.05, 0.1) is 32.5 Å². The molecule has 3 aliphatic rings. The number of phosphoric acid groups is 3.